The van der Waals surface area contributed by atoms with Crippen molar-refractivity contribution < 1.29 is 14.3 Å². The Balaban J connectivity index is 2.06. The SMILES string of the molecule is Cc1cc(C)c2c(c1Cl)CC(=O)/C=C/CC/C=C/C[C@H](c1ccccc1)OC2=O. The summed E-state index contributed by atoms with van der Waals surface area (Å²) in [6.45, 7) is 3.73. The Morgan fingerprint density at radius 2 is 1.69 bits per heavy atom. The molecule has 0 bridgehead atoms. The summed E-state index contributed by atoms with van der Waals surface area (Å²) in [6.07, 6.45) is 9.42. The molecule has 1 aliphatic rings. The Morgan fingerprint density at radius 1 is 0.966 bits per heavy atom. The number of ketones is 1. The van der Waals surface area contributed by atoms with Crippen molar-refractivity contribution >= 4 is 23.4 Å². The maximum absolute atomic E-state index is 13.2. The molecule has 0 radical (unpaired) electrons. The molecule has 150 valence electrons. The standard InChI is InChI=1S/C25H25ClO3/c1-17-15-18(2)24(26)21-16-20(27)13-9-4-3-5-10-14-22(29-25(28)23(17)21)19-11-7-6-8-12-19/h5-13,15,22H,3-4,14,16H2,1-2H3/b10-5+,13-9+/t22-/m1/s1. The van der Waals surface area contributed by atoms with E-state index in [1.807, 2.05) is 62.4 Å². The first kappa shape index (κ1) is 21.1. The zero-order valence-corrected chi connectivity index (χ0v) is 17.5. The second-order valence-electron chi connectivity index (χ2n) is 7.31. The number of rotatable bonds is 1. The first-order valence-electron chi connectivity index (χ1n) is 9.86. The van der Waals surface area contributed by atoms with E-state index in [2.05, 4.69) is 6.08 Å². The molecule has 1 aliphatic heterocycles. The number of ether oxygens (including phenoxy) is 1. The number of hydrogen-bond donors (Lipinski definition) is 0. The van der Waals surface area contributed by atoms with Crippen LogP contribution in [0.1, 0.15) is 58.0 Å². The van der Waals surface area contributed by atoms with Crippen LogP contribution in [0.25, 0.3) is 0 Å². The number of halogens is 1. The van der Waals surface area contributed by atoms with Crippen LogP contribution >= 0.6 is 11.6 Å². The van der Waals surface area contributed by atoms with Crippen LogP contribution in [0.5, 0.6) is 0 Å². The third kappa shape index (κ3) is 5.24. The van der Waals surface area contributed by atoms with Crippen LogP contribution in [0.15, 0.2) is 60.7 Å². The summed E-state index contributed by atoms with van der Waals surface area (Å²) in [4.78, 5) is 25.7. The van der Waals surface area contributed by atoms with Crippen molar-refractivity contribution in [3.8, 4) is 0 Å². The first-order valence-corrected chi connectivity index (χ1v) is 10.2. The van der Waals surface area contributed by atoms with Gasteiger partial charge in [-0.05, 0) is 55.0 Å². The molecule has 0 spiro atoms. The number of carbonyl (C=O) groups is 2. The van der Waals surface area contributed by atoms with E-state index in [0.29, 0.717) is 22.6 Å². The average Bonchev–Trinajstić information content (AvgIpc) is 2.70. The monoisotopic (exact) mass is 408 g/mol. The van der Waals surface area contributed by atoms with E-state index in [1.54, 1.807) is 6.08 Å². The fraction of sp³-hybridized carbons (Fsp3) is 0.280. The van der Waals surface area contributed by atoms with Gasteiger partial charge in [0, 0.05) is 17.9 Å². The van der Waals surface area contributed by atoms with Crippen LogP contribution in [0.4, 0.5) is 0 Å². The smallest absolute Gasteiger partial charge is 0.339 e. The molecule has 2 aromatic carbocycles. The predicted molar refractivity (Wildman–Crippen MR) is 116 cm³/mol. The fourth-order valence-electron chi connectivity index (χ4n) is 3.58. The van der Waals surface area contributed by atoms with Gasteiger partial charge < -0.3 is 4.74 Å². The minimum atomic E-state index is -0.449. The molecular formula is C25H25ClO3. The molecule has 1 heterocycles. The Labute approximate surface area is 177 Å². The highest BCUT2D eigenvalue weighted by Crippen LogP contribution is 2.31. The number of benzene rings is 2. The number of fused-ring (bicyclic) bond motifs is 1. The zero-order valence-electron chi connectivity index (χ0n) is 16.8. The summed E-state index contributed by atoms with van der Waals surface area (Å²) in [6, 6.07) is 11.6. The molecule has 3 nitrogen and oxygen atoms in total. The topological polar surface area (TPSA) is 43.4 Å². The minimum Gasteiger partial charge on any atom is -0.454 e. The van der Waals surface area contributed by atoms with Crippen molar-refractivity contribution in [2.45, 2.75) is 45.6 Å². The highest BCUT2D eigenvalue weighted by Gasteiger charge is 2.24. The predicted octanol–water partition coefficient (Wildman–Crippen LogP) is 6.26. The van der Waals surface area contributed by atoms with Gasteiger partial charge in [-0.15, -0.1) is 0 Å². The van der Waals surface area contributed by atoms with E-state index in [-0.39, 0.29) is 12.2 Å². The lowest BCUT2D eigenvalue weighted by atomic mass is 9.94. The van der Waals surface area contributed by atoms with Crippen molar-refractivity contribution in [1.29, 1.82) is 0 Å². The average molecular weight is 409 g/mol. The number of esters is 1. The van der Waals surface area contributed by atoms with E-state index in [9.17, 15) is 9.59 Å². The molecular weight excluding hydrogens is 384 g/mol. The highest BCUT2D eigenvalue weighted by atomic mass is 35.5. The Bertz CT molecular complexity index is 958. The third-order valence-electron chi connectivity index (χ3n) is 5.04. The van der Waals surface area contributed by atoms with Gasteiger partial charge in [0.05, 0.1) is 5.56 Å². The van der Waals surface area contributed by atoms with E-state index in [4.69, 9.17) is 16.3 Å². The molecule has 0 aliphatic carbocycles. The fourth-order valence-corrected chi connectivity index (χ4v) is 3.80. The summed E-state index contributed by atoms with van der Waals surface area (Å²) in [7, 11) is 0. The van der Waals surface area contributed by atoms with E-state index >= 15 is 0 Å². The third-order valence-corrected chi connectivity index (χ3v) is 5.56. The van der Waals surface area contributed by atoms with Crippen molar-refractivity contribution in [2.24, 2.45) is 0 Å². The van der Waals surface area contributed by atoms with E-state index in [1.165, 1.54) is 0 Å². The van der Waals surface area contributed by atoms with Gasteiger partial charge in [0.25, 0.3) is 0 Å². The summed E-state index contributed by atoms with van der Waals surface area (Å²) in [5, 5.41) is 0.451. The summed E-state index contributed by atoms with van der Waals surface area (Å²) >= 11 is 6.52. The maximum Gasteiger partial charge on any atom is 0.339 e. The molecule has 0 aromatic heterocycles. The lowest BCUT2D eigenvalue weighted by Gasteiger charge is -2.20. The summed E-state index contributed by atoms with van der Waals surface area (Å²) in [5.41, 5.74) is 3.48. The second-order valence-corrected chi connectivity index (χ2v) is 7.69. The maximum atomic E-state index is 13.2. The molecule has 2 aromatic rings. The normalized spacial score (nSPS) is 20.3. The molecule has 0 saturated heterocycles. The summed E-state index contributed by atoms with van der Waals surface area (Å²) in [5.74, 6) is -0.526. The van der Waals surface area contributed by atoms with E-state index < -0.39 is 12.1 Å². The Kier molecular flexibility index (Phi) is 7.05. The quantitative estimate of drug-likeness (QED) is 0.413. The van der Waals surface area contributed by atoms with Crippen LogP contribution in [-0.4, -0.2) is 11.8 Å². The molecule has 3 rings (SSSR count). The van der Waals surface area contributed by atoms with Gasteiger partial charge in [0.15, 0.2) is 5.78 Å². The summed E-state index contributed by atoms with van der Waals surface area (Å²) < 4.78 is 5.94. The Morgan fingerprint density at radius 3 is 2.45 bits per heavy atom. The van der Waals surface area contributed by atoms with Crippen LogP contribution in [-0.2, 0) is 16.0 Å². The van der Waals surface area contributed by atoms with Crippen molar-refractivity contribution in [3.05, 3.63) is 93.5 Å². The van der Waals surface area contributed by atoms with Gasteiger partial charge in [-0.1, -0.05) is 66.2 Å². The van der Waals surface area contributed by atoms with Gasteiger partial charge in [-0.25, -0.2) is 4.79 Å². The largest absolute Gasteiger partial charge is 0.454 e. The number of hydrogen-bond acceptors (Lipinski definition) is 3. The first-order chi connectivity index (χ1) is 14.0. The minimum absolute atomic E-state index is 0.0772. The number of carbonyl (C=O) groups excluding carboxylic acids is 2. The van der Waals surface area contributed by atoms with Crippen molar-refractivity contribution in [3.63, 3.8) is 0 Å². The van der Waals surface area contributed by atoms with Crippen LogP contribution in [0.3, 0.4) is 0 Å². The molecule has 0 N–H and O–H groups in total. The van der Waals surface area contributed by atoms with Gasteiger partial charge in [0.1, 0.15) is 6.10 Å². The molecule has 1 atom stereocenters. The molecule has 0 amide bonds. The second kappa shape index (κ2) is 9.71. The van der Waals surface area contributed by atoms with Gasteiger partial charge in [-0.3, -0.25) is 4.79 Å². The highest BCUT2D eigenvalue weighted by molar-refractivity contribution is 6.33. The van der Waals surface area contributed by atoms with Crippen LogP contribution in [0, 0.1) is 13.8 Å². The molecule has 0 saturated carbocycles. The van der Waals surface area contributed by atoms with Crippen molar-refractivity contribution in [1.82, 2.24) is 0 Å². The van der Waals surface area contributed by atoms with Crippen molar-refractivity contribution in [2.75, 3.05) is 0 Å². The van der Waals surface area contributed by atoms with Gasteiger partial charge in [-0.2, -0.15) is 0 Å². The van der Waals surface area contributed by atoms with Crippen LogP contribution in [0.2, 0.25) is 5.02 Å². The molecule has 0 unspecified atom stereocenters. The lowest BCUT2D eigenvalue weighted by Crippen LogP contribution is -2.17. The van der Waals surface area contributed by atoms with E-state index in [0.717, 1.165) is 29.5 Å². The zero-order chi connectivity index (χ0) is 20.8. The number of allylic oxidation sites excluding steroid dienone is 3. The van der Waals surface area contributed by atoms with Gasteiger partial charge >= 0.3 is 5.97 Å². The number of aryl methyl sites for hydroxylation is 2. The molecule has 29 heavy (non-hydrogen) atoms. The van der Waals surface area contributed by atoms with Crippen LogP contribution < -0.4 is 0 Å². The van der Waals surface area contributed by atoms with Gasteiger partial charge in [0.2, 0.25) is 0 Å². The molecule has 4 heteroatoms. The Hall–Kier alpha value is -2.65. The molecule has 0 fully saturated rings. The lowest BCUT2D eigenvalue weighted by molar-refractivity contribution is -0.114. The number of cyclic esters (lactones) is 1.